The maximum atomic E-state index is 11.7. The molecule has 0 aliphatic heterocycles. The van der Waals surface area contributed by atoms with Crippen LogP contribution in [0, 0.1) is 5.92 Å². The minimum absolute atomic E-state index is 0.0376. The molecule has 0 aromatic heterocycles. The summed E-state index contributed by atoms with van der Waals surface area (Å²) in [5, 5.41) is 8.08. The Hall–Kier alpha value is -2.37. The predicted molar refractivity (Wildman–Crippen MR) is 84.2 cm³/mol. The maximum absolute atomic E-state index is 11.7. The number of nitrogens with one attached hydrogen (secondary N) is 3. The van der Waals surface area contributed by atoms with E-state index in [9.17, 15) is 14.4 Å². The summed E-state index contributed by atoms with van der Waals surface area (Å²) in [6.45, 7) is 4.67. The molecule has 1 aromatic rings. The molecule has 0 unspecified atom stereocenters. The molecular weight excluding hydrogens is 282 g/mol. The summed E-state index contributed by atoms with van der Waals surface area (Å²) >= 11 is 0. The van der Waals surface area contributed by atoms with Gasteiger partial charge in [-0.1, -0.05) is 32.0 Å². The quantitative estimate of drug-likeness (QED) is 0.618. The van der Waals surface area contributed by atoms with Crippen molar-refractivity contribution in [3.63, 3.8) is 0 Å². The highest BCUT2D eigenvalue weighted by Crippen LogP contribution is 1.97. The molecule has 120 valence electrons. The van der Waals surface area contributed by atoms with E-state index in [1.165, 1.54) is 0 Å². The van der Waals surface area contributed by atoms with Crippen LogP contribution in [0.4, 0.5) is 0 Å². The van der Waals surface area contributed by atoms with Gasteiger partial charge in [0.1, 0.15) is 0 Å². The number of hydrogen-bond donors (Lipinski definition) is 3. The number of amides is 3. The molecule has 0 atom stereocenters. The van der Waals surface area contributed by atoms with Gasteiger partial charge < -0.3 is 16.0 Å². The van der Waals surface area contributed by atoms with Crippen LogP contribution in [0.2, 0.25) is 0 Å². The lowest BCUT2D eigenvalue weighted by Crippen LogP contribution is -2.37. The smallest absolute Gasteiger partial charge is 0.251 e. The van der Waals surface area contributed by atoms with Crippen molar-refractivity contribution < 1.29 is 14.4 Å². The first kappa shape index (κ1) is 17.7. The SMILES string of the molecule is CC(C)C(=O)NCCNC(=O)CCNC(=O)c1ccccc1. The summed E-state index contributed by atoms with van der Waals surface area (Å²) in [6.07, 6.45) is 0.205. The van der Waals surface area contributed by atoms with Crippen LogP contribution < -0.4 is 16.0 Å². The lowest BCUT2D eigenvalue weighted by molar-refractivity contribution is -0.124. The molecule has 6 nitrogen and oxygen atoms in total. The van der Waals surface area contributed by atoms with Crippen molar-refractivity contribution in [2.75, 3.05) is 19.6 Å². The van der Waals surface area contributed by atoms with Gasteiger partial charge in [0.25, 0.3) is 5.91 Å². The van der Waals surface area contributed by atoms with Crippen molar-refractivity contribution in [2.45, 2.75) is 20.3 Å². The summed E-state index contributed by atoms with van der Waals surface area (Å²) in [4.78, 5) is 34.6. The zero-order valence-corrected chi connectivity index (χ0v) is 13.0. The first-order chi connectivity index (χ1) is 10.5. The normalized spacial score (nSPS) is 10.1. The molecule has 3 N–H and O–H groups in total. The lowest BCUT2D eigenvalue weighted by atomic mass is 10.2. The van der Waals surface area contributed by atoms with Crippen LogP contribution in [0.25, 0.3) is 0 Å². The Kier molecular flexibility index (Phi) is 7.67. The van der Waals surface area contributed by atoms with Crippen LogP contribution in [0.5, 0.6) is 0 Å². The highest BCUT2D eigenvalue weighted by Gasteiger charge is 2.07. The van der Waals surface area contributed by atoms with Crippen molar-refractivity contribution in [2.24, 2.45) is 5.92 Å². The molecule has 0 spiro atoms. The van der Waals surface area contributed by atoms with E-state index in [1.807, 2.05) is 19.9 Å². The van der Waals surface area contributed by atoms with Crippen molar-refractivity contribution in [1.82, 2.24) is 16.0 Å². The van der Waals surface area contributed by atoms with Crippen molar-refractivity contribution in [1.29, 1.82) is 0 Å². The van der Waals surface area contributed by atoms with Gasteiger partial charge in [0.15, 0.2) is 0 Å². The van der Waals surface area contributed by atoms with Crippen LogP contribution in [-0.4, -0.2) is 37.4 Å². The first-order valence-electron chi connectivity index (χ1n) is 7.38. The fraction of sp³-hybridized carbons (Fsp3) is 0.438. The molecule has 1 aromatic carbocycles. The standard InChI is InChI=1S/C16H23N3O3/c1-12(2)15(21)19-11-10-17-14(20)8-9-18-16(22)13-6-4-3-5-7-13/h3-7,12H,8-11H2,1-2H3,(H,17,20)(H,18,22)(H,19,21). The molecule has 1 rings (SSSR count). The van der Waals surface area contributed by atoms with Gasteiger partial charge in [0, 0.05) is 37.5 Å². The van der Waals surface area contributed by atoms with Crippen molar-refractivity contribution in [3.05, 3.63) is 35.9 Å². The third-order valence-corrected chi connectivity index (χ3v) is 2.94. The van der Waals surface area contributed by atoms with Gasteiger partial charge in [-0.25, -0.2) is 0 Å². The van der Waals surface area contributed by atoms with Gasteiger partial charge in [-0.15, -0.1) is 0 Å². The Labute approximate surface area is 130 Å². The molecule has 22 heavy (non-hydrogen) atoms. The number of rotatable bonds is 8. The maximum Gasteiger partial charge on any atom is 0.251 e. The predicted octanol–water partition coefficient (Wildman–Crippen LogP) is 0.695. The monoisotopic (exact) mass is 305 g/mol. The third kappa shape index (κ3) is 6.88. The molecule has 0 saturated carbocycles. The second kappa shape index (κ2) is 9.55. The van der Waals surface area contributed by atoms with E-state index in [4.69, 9.17) is 0 Å². The zero-order chi connectivity index (χ0) is 16.4. The summed E-state index contributed by atoms with van der Waals surface area (Å²) < 4.78 is 0. The zero-order valence-electron chi connectivity index (χ0n) is 13.0. The van der Waals surface area contributed by atoms with Crippen LogP contribution in [-0.2, 0) is 9.59 Å². The van der Waals surface area contributed by atoms with Crippen molar-refractivity contribution in [3.8, 4) is 0 Å². The molecule has 0 saturated heterocycles. The minimum Gasteiger partial charge on any atom is -0.354 e. The van der Waals surface area contributed by atoms with Crippen LogP contribution in [0.15, 0.2) is 30.3 Å². The van der Waals surface area contributed by atoms with Gasteiger partial charge in [-0.05, 0) is 12.1 Å². The van der Waals surface area contributed by atoms with Gasteiger partial charge >= 0.3 is 0 Å². The van der Waals surface area contributed by atoms with E-state index in [2.05, 4.69) is 16.0 Å². The fourth-order valence-corrected chi connectivity index (χ4v) is 1.66. The molecule has 0 fully saturated rings. The lowest BCUT2D eigenvalue weighted by Gasteiger charge is -2.09. The number of carbonyl (C=O) groups is 3. The van der Waals surface area contributed by atoms with Gasteiger partial charge in [-0.3, -0.25) is 14.4 Å². The topological polar surface area (TPSA) is 87.3 Å². The van der Waals surface area contributed by atoms with E-state index in [-0.39, 0.29) is 36.6 Å². The van der Waals surface area contributed by atoms with E-state index < -0.39 is 0 Å². The van der Waals surface area contributed by atoms with Crippen molar-refractivity contribution >= 4 is 17.7 Å². The van der Waals surface area contributed by atoms with Gasteiger partial charge in [-0.2, -0.15) is 0 Å². The van der Waals surface area contributed by atoms with E-state index >= 15 is 0 Å². The Bertz CT molecular complexity index is 501. The summed E-state index contributed by atoms with van der Waals surface area (Å²) in [6, 6.07) is 8.84. The minimum atomic E-state index is -0.197. The fourth-order valence-electron chi connectivity index (χ4n) is 1.66. The number of benzene rings is 1. The second-order valence-corrected chi connectivity index (χ2v) is 5.17. The van der Waals surface area contributed by atoms with E-state index in [0.717, 1.165) is 0 Å². The number of carbonyl (C=O) groups excluding carboxylic acids is 3. The molecular formula is C16H23N3O3. The molecule has 0 aliphatic rings. The highest BCUT2D eigenvalue weighted by molar-refractivity contribution is 5.94. The molecule has 6 heteroatoms. The molecule has 3 amide bonds. The third-order valence-electron chi connectivity index (χ3n) is 2.94. The summed E-state index contributed by atoms with van der Waals surface area (Å²) in [7, 11) is 0. The summed E-state index contributed by atoms with van der Waals surface area (Å²) in [5.74, 6) is -0.460. The first-order valence-corrected chi connectivity index (χ1v) is 7.38. The van der Waals surface area contributed by atoms with Gasteiger partial charge in [0.05, 0.1) is 0 Å². The van der Waals surface area contributed by atoms with Crippen LogP contribution in [0.3, 0.4) is 0 Å². The van der Waals surface area contributed by atoms with Gasteiger partial charge in [0.2, 0.25) is 11.8 Å². The Morgan fingerprint density at radius 3 is 2.18 bits per heavy atom. The Morgan fingerprint density at radius 1 is 0.909 bits per heavy atom. The Balaban J connectivity index is 2.11. The van der Waals surface area contributed by atoms with E-state index in [0.29, 0.717) is 18.7 Å². The average Bonchev–Trinajstić information content (AvgIpc) is 2.52. The number of hydrogen-bond acceptors (Lipinski definition) is 3. The molecule has 0 aliphatic carbocycles. The highest BCUT2D eigenvalue weighted by atomic mass is 16.2. The second-order valence-electron chi connectivity index (χ2n) is 5.17. The Morgan fingerprint density at radius 2 is 1.55 bits per heavy atom. The van der Waals surface area contributed by atoms with Crippen LogP contribution in [0.1, 0.15) is 30.6 Å². The van der Waals surface area contributed by atoms with E-state index in [1.54, 1.807) is 24.3 Å². The van der Waals surface area contributed by atoms with Crippen LogP contribution >= 0.6 is 0 Å². The molecule has 0 heterocycles. The largest absolute Gasteiger partial charge is 0.354 e. The molecule has 0 radical (unpaired) electrons. The summed E-state index contributed by atoms with van der Waals surface area (Å²) in [5.41, 5.74) is 0.569. The average molecular weight is 305 g/mol. The molecule has 0 bridgehead atoms.